The molecule has 0 aliphatic carbocycles. The van der Waals surface area contributed by atoms with E-state index in [1.165, 1.54) is 11.8 Å². The van der Waals surface area contributed by atoms with Gasteiger partial charge in [0.25, 0.3) is 5.56 Å². The maximum Gasteiger partial charge on any atom is 0.262 e. The van der Waals surface area contributed by atoms with Crippen molar-refractivity contribution in [2.24, 2.45) is 0 Å². The van der Waals surface area contributed by atoms with Gasteiger partial charge in [-0.2, -0.15) is 0 Å². The standard InChI is InChI=1S/C16H20N6OS/c1-3-5-10-22-14(18-19-20-22)11-24-16-17-13-9-7-6-8-12(13)15(23)21(16)4-2/h6-9H,3-5,10-11H2,1-2H3. The predicted octanol–water partition coefficient (Wildman–Crippen LogP) is 2.50. The third-order valence-electron chi connectivity index (χ3n) is 3.80. The molecule has 7 nitrogen and oxygen atoms in total. The van der Waals surface area contributed by atoms with Gasteiger partial charge in [-0.25, -0.2) is 9.67 Å². The molecule has 0 saturated carbocycles. The van der Waals surface area contributed by atoms with Crippen LogP contribution in [0.25, 0.3) is 10.9 Å². The fourth-order valence-corrected chi connectivity index (χ4v) is 3.47. The van der Waals surface area contributed by atoms with E-state index >= 15 is 0 Å². The molecule has 2 heterocycles. The highest BCUT2D eigenvalue weighted by molar-refractivity contribution is 7.98. The largest absolute Gasteiger partial charge is 0.287 e. The van der Waals surface area contributed by atoms with Gasteiger partial charge in [0.05, 0.1) is 16.7 Å². The van der Waals surface area contributed by atoms with E-state index in [0.29, 0.717) is 22.8 Å². The Morgan fingerprint density at radius 1 is 1.21 bits per heavy atom. The molecular formula is C16H20N6OS. The summed E-state index contributed by atoms with van der Waals surface area (Å²) in [6.07, 6.45) is 2.13. The van der Waals surface area contributed by atoms with Crippen molar-refractivity contribution < 1.29 is 0 Å². The highest BCUT2D eigenvalue weighted by Gasteiger charge is 2.12. The molecule has 0 N–H and O–H groups in total. The number of rotatable bonds is 7. The molecule has 8 heteroatoms. The molecule has 24 heavy (non-hydrogen) atoms. The van der Waals surface area contributed by atoms with Crippen molar-refractivity contribution in [3.05, 3.63) is 40.4 Å². The van der Waals surface area contributed by atoms with Gasteiger partial charge in [-0.3, -0.25) is 9.36 Å². The van der Waals surface area contributed by atoms with Crippen LogP contribution < -0.4 is 5.56 Å². The van der Waals surface area contributed by atoms with Crippen LogP contribution in [0.4, 0.5) is 0 Å². The molecule has 0 atom stereocenters. The molecule has 3 rings (SSSR count). The van der Waals surface area contributed by atoms with Crippen molar-refractivity contribution in [2.75, 3.05) is 0 Å². The van der Waals surface area contributed by atoms with Crippen LogP contribution in [0.2, 0.25) is 0 Å². The van der Waals surface area contributed by atoms with Crippen LogP contribution in [-0.2, 0) is 18.8 Å². The summed E-state index contributed by atoms with van der Waals surface area (Å²) in [5.74, 6) is 1.39. The van der Waals surface area contributed by atoms with E-state index in [1.54, 1.807) is 4.57 Å². The summed E-state index contributed by atoms with van der Waals surface area (Å²) in [6, 6.07) is 7.44. The Balaban J connectivity index is 1.88. The second-order valence-electron chi connectivity index (χ2n) is 5.42. The van der Waals surface area contributed by atoms with Crippen LogP contribution in [0.3, 0.4) is 0 Å². The summed E-state index contributed by atoms with van der Waals surface area (Å²) < 4.78 is 3.53. The Kier molecular flexibility index (Phi) is 5.24. The van der Waals surface area contributed by atoms with E-state index < -0.39 is 0 Å². The number of tetrazole rings is 1. The topological polar surface area (TPSA) is 78.5 Å². The van der Waals surface area contributed by atoms with Crippen LogP contribution in [-0.4, -0.2) is 29.8 Å². The number of fused-ring (bicyclic) bond motifs is 1. The Labute approximate surface area is 144 Å². The molecule has 126 valence electrons. The van der Waals surface area contributed by atoms with Gasteiger partial charge in [0, 0.05) is 13.1 Å². The van der Waals surface area contributed by atoms with Gasteiger partial charge in [-0.05, 0) is 35.9 Å². The van der Waals surface area contributed by atoms with Gasteiger partial charge in [-0.15, -0.1) is 5.10 Å². The van der Waals surface area contributed by atoms with Gasteiger partial charge in [0.2, 0.25) is 0 Å². The molecule has 0 unspecified atom stereocenters. The summed E-state index contributed by atoms with van der Waals surface area (Å²) in [5.41, 5.74) is 0.719. The number of hydrogen-bond acceptors (Lipinski definition) is 6. The molecule has 0 bridgehead atoms. The quantitative estimate of drug-likeness (QED) is 0.484. The molecular weight excluding hydrogens is 324 g/mol. The number of para-hydroxylation sites is 1. The van der Waals surface area contributed by atoms with Crippen molar-refractivity contribution in [1.29, 1.82) is 0 Å². The Bertz CT molecular complexity index is 888. The smallest absolute Gasteiger partial charge is 0.262 e. The molecule has 0 aliphatic heterocycles. The van der Waals surface area contributed by atoms with Crippen molar-refractivity contribution >= 4 is 22.7 Å². The van der Waals surface area contributed by atoms with Gasteiger partial charge >= 0.3 is 0 Å². The van der Waals surface area contributed by atoms with Crippen molar-refractivity contribution in [1.82, 2.24) is 29.8 Å². The fourth-order valence-electron chi connectivity index (χ4n) is 2.47. The zero-order chi connectivity index (χ0) is 16.9. The normalized spacial score (nSPS) is 11.2. The van der Waals surface area contributed by atoms with Crippen molar-refractivity contribution in [2.45, 2.75) is 50.7 Å². The van der Waals surface area contributed by atoms with Crippen LogP contribution in [0.1, 0.15) is 32.5 Å². The first-order valence-corrected chi connectivity index (χ1v) is 9.10. The highest BCUT2D eigenvalue weighted by atomic mass is 32.2. The summed E-state index contributed by atoms with van der Waals surface area (Å²) in [5, 5.41) is 13.2. The summed E-state index contributed by atoms with van der Waals surface area (Å²) in [7, 11) is 0. The molecule has 0 aliphatic rings. The zero-order valence-corrected chi connectivity index (χ0v) is 14.7. The molecule has 0 spiro atoms. The van der Waals surface area contributed by atoms with Crippen LogP contribution in [0.5, 0.6) is 0 Å². The van der Waals surface area contributed by atoms with Gasteiger partial charge in [0.1, 0.15) is 0 Å². The first kappa shape index (κ1) is 16.6. The molecule has 2 aromatic heterocycles. The second-order valence-corrected chi connectivity index (χ2v) is 6.36. The molecule has 1 aromatic carbocycles. The van der Waals surface area contributed by atoms with E-state index in [9.17, 15) is 4.79 Å². The molecule has 0 fully saturated rings. The SMILES string of the molecule is CCCCn1nnnc1CSc1nc2ccccc2c(=O)n1CC. The third kappa shape index (κ3) is 3.33. The minimum atomic E-state index is -0.00354. The van der Waals surface area contributed by atoms with E-state index in [1.807, 2.05) is 35.9 Å². The van der Waals surface area contributed by atoms with Crippen LogP contribution in [0.15, 0.2) is 34.2 Å². The lowest BCUT2D eigenvalue weighted by Crippen LogP contribution is -2.22. The van der Waals surface area contributed by atoms with Crippen molar-refractivity contribution in [3.63, 3.8) is 0 Å². The first-order valence-electron chi connectivity index (χ1n) is 8.12. The fraction of sp³-hybridized carbons (Fsp3) is 0.438. The monoisotopic (exact) mass is 344 g/mol. The average molecular weight is 344 g/mol. The van der Waals surface area contributed by atoms with E-state index in [0.717, 1.165) is 30.7 Å². The predicted molar refractivity (Wildman–Crippen MR) is 94.0 cm³/mol. The highest BCUT2D eigenvalue weighted by Crippen LogP contribution is 2.21. The number of thioether (sulfide) groups is 1. The Hall–Kier alpha value is -2.22. The van der Waals surface area contributed by atoms with E-state index in [-0.39, 0.29) is 5.56 Å². The lowest BCUT2D eigenvalue weighted by Gasteiger charge is -2.11. The Morgan fingerprint density at radius 2 is 2.04 bits per heavy atom. The number of benzene rings is 1. The summed E-state index contributed by atoms with van der Waals surface area (Å²) in [6.45, 7) is 5.48. The number of nitrogens with zero attached hydrogens (tertiary/aromatic N) is 6. The summed E-state index contributed by atoms with van der Waals surface area (Å²) >= 11 is 1.49. The maximum absolute atomic E-state index is 12.6. The maximum atomic E-state index is 12.6. The number of hydrogen-bond donors (Lipinski definition) is 0. The first-order chi connectivity index (χ1) is 11.7. The van der Waals surface area contributed by atoms with Gasteiger partial charge < -0.3 is 0 Å². The van der Waals surface area contributed by atoms with Crippen molar-refractivity contribution in [3.8, 4) is 0 Å². The lowest BCUT2D eigenvalue weighted by molar-refractivity contribution is 0.540. The van der Waals surface area contributed by atoms with Crippen LogP contribution >= 0.6 is 11.8 Å². The minimum absolute atomic E-state index is 0.00354. The number of unbranched alkanes of at least 4 members (excludes halogenated alkanes) is 1. The molecule has 0 saturated heterocycles. The van der Waals surface area contributed by atoms with Gasteiger partial charge in [0.15, 0.2) is 11.0 Å². The zero-order valence-electron chi connectivity index (χ0n) is 13.8. The minimum Gasteiger partial charge on any atom is -0.287 e. The van der Waals surface area contributed by atoms with E-state index in [4.69, 9.17) is 0 Å². The molecule has 0 radical (unpaired) electrons. The summed E-state index contributed by atoms with van der Waals surface area (Å²) in [4.78, 5) is 17.3. The Morgan fingerprint density at radius 3 is 2.83 bits per heavy atom. The van der Waals surface area contributed by atoms with E-state index in [2.05, 4.69) is 27.4 Å². The second kappa shape index (κ2) is 7.57. The van der Waals surface area contributed by atoms with Crippen LogP contribution in [0, 0.1) is 0 Å². The average Bonchev–Trinajstić information content (AvgIpc) is 3.05. The lowest BCUT2D eigenvalue weighted by atomic mass is 10.2. The molecule has 0 amide bonds. The number of aryl methyl sites for hydroxylation is 1. The third-order valence-corrected chi connectivity index (χ3v) is 4.78. The molecule has 3 aromatic rings. The van der Waals surface area contributed by atoms with Gasteiger partial charge in [-0.1, -0.05) is 37.2 Å². The number of aromatic nitrogens is 6.